The van der Waals surface area contributed by atoms with Crippen molar-refractivity contribution in [2.45, 2.75) is 83.8 Å². The van der Waals surface area contributed by atoms with Gasteiger partial charge in [-0.1, -0.05) is 45.7 Å². The van der Waals surface area contributed by atoms with E-state index in [9.17, 15) is 0 Å². The van der Waals surface area contributed by atoms with Crippen molar-refractivity contribution in [2.75, 3.05) is 32.2 Å². The molecule has 156 valence electrons. The van der Waals surface area contributed by atoms with E-state index in [0.717, 1.165) is 32.7 Å². The Morgan fingerprint density at radius 1 is 0.815 bits per heavy atom. The molecule has 1 rings (SSSR count). The van der Waals surface area contributed by atoms with E-state index in [1.54, 1.807) is 0 Å². The first-order valence-corrected chi connectivity index (χ1v) is 13.7. The molecule has 0 aliphatic rings. The molecular formula is C23H43NO2Si. The molecule has 0 radical (unpaired) electrons. The first kappa shape index (κ1) is 24.2. The van der Waals surface area contributed by atoms with E-state index < -0.39 is 8.32 Å². The third-order valence-corrected chi connectivity index (χ3v) is 10.2. The average molecular weight is 394 g/mol. The number of ether oxygens (including phenoxy) is 1. The van der Waals surface area contributed by atoms with Crippen LogP contribution < -0.4 is 5.32 Å². The third-order valence-electron chi connectivity index (χ3n) is 5.70. The fourth-order valence-electron chi connectivity index (χ4n) is 2.68. The van der Waals surface area contributed by atoms with Gasteiger partial charge in [-0.2, -0.15) is 0 Å². The van der Waals surface area contributed by atoms with Gasteiger partial charge < -0.3 is 14.5 Å². The number of benzene rings is 1. The summed E-state index contributed by atoms with van der Waals surface area (Å²) in [5.41, 5.74) is 2.59. The van der Waals surface area contributed by atoms with E-state index in [-0.39, 0.29) is 0 Å². The topological polar surface area (TPSA) is 30.5 Å². The predicted molar refractivity (Wildman–Crippen MR) is 121 cm³/mol. The molecule has 3 nitrogen and oxygen atoms in total. The molecule has 0 saturated heterocycles. The van der Waals surface area contributed by atoms with Gasteiger partial charge in [0, 0.05) is 32.6 Å². The molecule has 0 aliphatic carbocycles. The van der Waals surface area contributed by atoms with E-state index in [1.165, 1.54) is 43.4 Å². The molecule has 0 atom stereocenters. The molecule has 0 amide bonds. The lowest BCUT2D eigenvalue weighted by molar-refractivity contribution is 0.126. The Bertz CT molecular complexity index is 494. The molecule has 27 heavy (non-hydrogen) atoms. The van der Waals surface area contributed by atoms with Gasteiger partial charge in [-0.25, -0.2) is 0 Å². The van der Waals surface area contributed by atoms with Crippen molar-refractivity contribution in [3.63, 3.8) is 0 Å². The number of anilines is 1. The van der Waals surface area contributed by atoms with Crippen LogP contribution in [0.2, 0.25) is 18.1 Å². The van der Waals surface area contributed by atoms with Gasteiger partial charge in [-0.05, 0) is 67.9 Å². The maximum Gasteiger partial charge on any atom is 0.191 e. The molecule has 0 aromatic heterocycles. The van der Waals surface area contributed by atoms with Crippen LogP contribution in [-0.4, -0.2) is 35.2 Å². The van der Waals surface area contributed by atoms with Crippen LogP contribution in [0.15, 0.2) is 24.3 Å². The molecular weight excluding hydrogens is 350 g/mol. The molecule has 0 spiro atoms. The fourth-order valence-corrected chi connectivity index (χ4v) is 3.76. The van der Waals surface area contributed by atoms with E-state index in [0.29, 0.717) is 5.04 Å². The minimum Gasteiger partial charge on any atom is -0.417 e. The molecule has 1 aromatic carbocycles. The lowest BCUT2D eigenvalue weighted by Gasteiger charge is -2.36. The van der Waals surface area contributed by atoms with Crippen molar-refractivity contribution in [3.05, 3.63) is 29.8 Å². The number of hydrogen-bond acceptors (Lipinski definition) is 3. The van der Waals surface area contributed by atoms with Crippen molar-refractivity contribution in [3.8, 4) is 0 Å². The third kappa shape index (κ3) is 10.3. The average Bonchev–Trinajstić information content (AvgIpc) is 2.62. The van der Waals surface area contributed by atoms with Crippen molar-refractivity contribution >= 4 is 14.0 Å². The number of rotatable bonds is 14. The van der Waals surface area contributed by atoms with Crippen molar-refractivity contribution < 1.29 is 9.16 Å². The van der Waals surface area contributed by atoms with Crippen LogP contribution in [-0.2, 0) is 15.6 Å². The second-order valence-corrected chi connectivity index (χ2v) is 13.8. The highest BCUT2D eigenvalue weighted by Gasteiger charge is 2.36. The molecule has 0 saturated carbocycles. The van der Waals surface area contributed by atoms with Crippen LogP contribution >= 0.6 is 0 Å². The second kappa shape index (κ2) is 12.6. The summed E-state index contributed by atoms with van der Waals surface area (Å²) in [4.78, 5) is 0. The van der Waals surface area contributed by atoms with Crippen molar-refractivity contribution in [1.82, 2.24) is 0 Å². The summed E-state index contributed by atoms with van der Waals surface area (Å²) in [6.07, 6.45) is 8.34. The lowest BCUT2D eigenvalue weighted by Crippen LogP contribution is -2.40. The van der Waals surface area contributed by atoms with Gasteiger partial charge in [0.1, 0.15) is 0 Å². The highest BCUT2D eigenvalue weighted by molar-refractivity contribution is 6.74. The summed E-state index contributed by atoms with van der Waals surface area (Å²) in [5, 5.41) is 3.47. The first-order chi connectivity index (χ1) is 12.8. The van der Waals surface area contributed by atoms with Crippen LogP contribution in [0, 0.1) is 0 Å². The monoisotopic (exact) mass is 393 g/mol. The zero-order valence-corrected chi connectivity index (χ0v) is 19.7. The van der Waals surface area contributed by atoms with Gasteiger partial charge in [0.2, 0.25) is 0 Å². The zero-order chi connectivity index (χ0) is 20.2. The van der Waals surface area contributed by atoms with Gasteiger partial charge >= 0.3 is 0 Å². The van der Waals surface area contributed by atoms with E-state index in [1.807, 2.05) is 7.05 Å². The normalized spacial score (nSPS) is 12.4. The molecule has 0 aliphatic heterocycles. The summed E-state index contributed by atoms with van der Waals surface area (Å²) in [6, 6.07) is 8.70. The SMILES string of the molecule is CNc1ccc(CCCCOCCCCCCO[Si](C)(C)C(C)(C)C)cc1. The molecule has 1 aromatic rings. The standard InChI is InChI=1S/C23H43NO2Si/c1-23(2,3)27(5,6)26-20-11-8-7-10-18-25-19-12-9-13-21-14-16-22(24-4)17-15-21/h14-17,24H,7-13,18-20H2,1-6H3. The summed E-state index contributed by atoms with van der Waals surface area (Å²) >= 11 is 0. The molecule has 0 bridgehead atoms. The number of aryl methyl sites for hydroxylation is 1. The Morgan fingerprint density at radius 2 is 1.37 bits per heavy atom. The summed E-state index contributed by atoms with van der Waals surface area (Å²) in [7, 11) is 0.398. The molecule has 0 unspecified atom stereocenters. The Balaban J connectivity index is 1.90. The van der Waals surface area contributed by atoms with Gasteiger partial charge in [0.05, 0.1) is 0 Å². The molecule has 0 heterocycles. The number of unbranched alkanes of at least 4 members (excludes halogenated alkanes) is 4. The Labute approximate surface area is 169 Å². The minimum atomic E-state index is -1.56. The van der Waals surface area contributed by atoms with Crippen LogP contribution in [0.1, 0.15) is 64.9 Å². The Kier molecular flexibility index (Phi) is 11.3. The molecule has 0 fully saturated rings. The van der Waals surface area contributed by atoms with Gasteiger partial charge in [-0.15, -0.1) is 0 Å². The smallest absolute Gasteiger partial charge is 0.191 e. The highest BCUT2D eigenvalue weighted by Crippen LogP contribution is 2.36. The van der Waals surface area contributed by atoms with Crippen molar-refractivity contribution in [1.29, 1.82) is 0 Å². The second-order valence-electron chi connectivity index (χ2n) is 9.04. The zero-order valence-electron chi connectivity index (χ0n) is 18.7. The van der Waals surface area contributed by atoms with E-state index in [4.69, 9.17) is 9.16 Å². The predicted octanol–water partition coefficient (Wildman–Crippen LogP) is 6.65. The molecule has 1 N–H and O–H groups in total. The molecule has 4 heteroatoms. The Hall–Kier alpha value is -0.843. The summed E-state index contributed by atoms with van der Waals surface area (Å²) < 4.78 is 12.0. The quantitative estimate of drug-likeness (QED) is 0.283. The fraction of sp³-hybridized carbons (Fsp3) is 0.739. The number of hydrogen-bond donors (Lipinski definition) is 1. The van der Waals surface area contributed by atoms with Crippen LogP contribution in [0.4, 0.5) is 5.69 Å². The van der Waals surface area contributed by atoms with Gasteiger partial charge in [-0.3, -0.25) is 0 Å². The van der Waals surface area contributed by atoms with E-state index in [2.05, 4.69) is 63.4 Å². The maximum atomic E-state index is 6.22. The minimum absolute atomic E-state index is 0.316. The lowest BCUT2D eigenvalue weighted by atomic mass is 10.1. The maximum absolute atomic E-state index is 6.22. The van der Waals surface area contributed by atoms with Gasteiger partial charge in [0.15, 0.2) is 8.32 Å². The first-order valence-electron chi connectivity index (χ1n) is 10.7. The van der Waals surface area contributed by atoms with E-state index >= 15 is 0 Å². The van der Waals surface area contributed by atoms with Gasteiger partial charge in [0.25, 0.3) is 0 Å². The summed E-state index contributed by atoms with van der Waals surface area (Å²) in [5.74, 6) is 0. The Morgan fingerprint density at radius 3 is 1.93 bits per heavy atom. The summed E-state index contributed by atoms with van der Waals surface area (Å²) in [6.45, 7) is 14.3. The van der Waals surface area contributed by atoms with Crippen LogP contribution in [0.3, 0.4) is 0 Å². The van der Waals surface area contributed by atoms with Crippen LogP contribution in [0.5, 0.6) is 0 Å². The van der Waals surface area contributed by atoms with Crippen LogP contribution in [0.25, 0.3) is 0 Å². The van der Waals surface area contributed by atoms with Crippen molar-refractivity contribution in [2.24, 2.45) is 0 Å². The number of nitrogens with one attached hydrogen (secondary N) is 1. The highest BCUT2D eigenvalue weighted by atomic mass is 28.4. The largest absolute Gasteiger partial charge is 0.417 e.